The van der Waals surface area contributed by atoms with E-state index in [2.05, 4.69) is 48.2 Å². The maximum Gasteiger partial charge on any atom is 0.193 e. The number of aliphatic imine (C=N–C) groups is 1. The molecule has 0 fully saturated rings. The number of guanidine groups is 1. The van der Waals surface area contributed by atoms with Crippen LogP contribution in [0, 0.1) is 0 Å². The molecule has 0 saturated heterocycles. The van der Waals surface area contributed by atoms with Crippen LogP contribution in [0.2, 0.25) is 0 Å². The first-order valence-electron chi connectivity index (χ1n) is 8.18. The van der Waals surface area contributed by atoms with Gasteiger partial charge in [-0.05, 0) is 39.9 Å². The molecule has 0 atom stereocenters. The maximum atomic E-state index is 4.33. The van der Waals surface area contributed by atoms with Crippen molar-refractivity contribution < 1.29 is 0 Å². The molecule has 0 radical (unpaired) electrons. The van der Waals surface area contributed by atoms with Crippen molar-refractivity contribution in [3.63, 3.8) is 0 Å². The Hall–Kier alpha value is -0.770. The zero-order valence-electron chi connectivity index (χ0n) is 14.4. The summed E-state index contributed by atoms with van der Waals surface area (Å²) in [6.07, 6.45) is 9.03. The summed E-state index contributed by atoms with van der Waals surface area (Å²) < 4.78 is 0. The molecule has 0 amide bonds. The fraction of sp³-hybridized carbons (Fsp3) is 0.938. The minimum Gasteiger partial charge on any atom is -0.356 e. The van der Waals surface area contributed by atoms with Gasteiger partial charge in [-0.25, -0.2) is 0 Å². The molecule has 4 nitrogen and oxygen atoms in total. The normalized spacial score (nSPS) is 12.0. The summed E-state index contributed by atoms with van der Waals surface area (Å²) in [6, 6.07) is 0. The summed E-state index contributed by atoms with van der Waals surface area (Å²) in [6.45, 7) is 5.56. The average molecular weight is 284 g/mol. The number of nitrogens with one attached hydrogen (secondary N) is 1. The zero-order chi connectivity index (χ0) is 15.2. The van der Waals surface area contributed by atoms with Gasteiger partial charge in [0.05, 0.1) is 0 Å². The van der Waals surface area contributed by atoms with E-state index in [1.165, 1.54) is 51.5 Å². The molecular formula is C16H36N4. The quantitative estimate of drug-likeness (QED) is 0.359. The van der Waals surface area contributed by atoms with E-state index in [0.717, 1.165) is 19.0 Å². The van der Waals surface area contributed by atoms with Crippen LogP contribution in [0.15, 0.2) is 4.99 Å². The highest BCUT2D eigenvalue weighted by atomic mass is 15.3. The molecule has 0 aromatic carbocycles. The number of unbranched alkanes of at least 4 members (excludes halogenated alkanes) is 5. The monoisotopic (exact) mass is 284 g/mol. The standard InChI is InChI=1S/C16H36N4/c1-6-7-15-20(5)16(17-2)18-13-11-9-8-10-12-14-19(3)4/h6-15H2,1-5H3,(H,17,18). The van der Waals surface area contributed by atoms with Crippen LogP contribution in [0.1, 0.15) is 51.9 Å². The molecule has 1 N–H and O–H groups in total. The Morgan fingerprint density at radius 2 is 1.55 bits per heavy atom. The van der Waals surface area contributed by atoms with Gasteiger partial charge in [-0.15, -0.1) is 0 Å². The van der Waals surface area contributed by atoms with Crippen LogP contribution in [0.25, 0.3) is 0 Å². The van der Waals surface area contributed by atoms with Gasteiger partial charge < -0.3 is 15.1 Å². The van der Waals surface area contributed by atoms with Gasteiger partial charge in [-0.1, -0.05) is 32.6 Å². The fourth-order valence-corrected chi connectivity index (χ4v) is 2.17. The Kier molecular flexibility index (Phi) is 12.7. The predicted molar refractivity (Wildman–Crippen MR) is 90.5 cm³/mol. The minimum atomic E-state index is 1.03. The van der Waals surface area contributed by atoms with E-state index < -0.39 is 0 Å². The molecule has 0 aliphatic heterocycles. The molecule has 0 aliphatic rings. The summed E-state index contributed by atoms with van der Waals surface area (Å²) in [4.78, 5) is 8.82. The maximum absolute atomic E-state index is 4.33. The molecule has 0 saturated carbocycles. The number of hydrogen-bond donors (Lipinski definition) is 1. The lowest BCUT2D eigenvalue weighted by Gasteiger charge is -2.21. The molecule has 0 rings (SSSR count). The van der Waals surface area contributed by atoms with Gasteiger partial charge in [0.2, 0.25) is 0 Å². The van der Waals surface area contributed by atoms with Crippen molar-refractivity contribution in [1.29, 1.82) is 0 Å². The van der Waals surface area contributed by atoms with Gasteiger partial charge in [0, 0.05) is 27.2 Å². The molecule has 20 heavy (non-hydrogen) atoms. The van der Waals surface area contributed by atoms with Crippen molar-refractivity contribution in [2.24, 2.45) is 4.99 Å². The van der Waals surface area contributed by atoms with E-state index in [-0.39, 0.29) is 0 Å². The third kappa shape index (κ3) is 11.1. The molecule has 4 heteroatoms. The van der Waals surface area contributed by atoms with Crippen LogP contribution in [-0.2, 0) is 0 Å². The van der Waals surface area contributed by atoms with Gasteiger partial charge >= 0.3 is 0 Å². The Balaban J connectivity index is 3.52. The van der Waals surface area contributed by atoms with E-state index in [1.807, 2.05) is 7.05 Å². The van der Waals surface area contributed by atoms with Crippen molar-refractivity contribution in [1.82, 2.24) is 15.1 Å². The third-order valence-corrected chi connectivity index (χ3v) is 3.49. The van der Waals surface area contributed by atoms with Gasteiger partial charge in [-0.2, -0.15) is 0 Å². The summed E-state index contributed by atoms with van der Waals surface area (Å²) >= 11 is 0. The second kappa shape index (κ2) is 13.2. The highest BCUT2D eigenvalue weighted by Gasteiger charge is 2.03. The van der Waals surface area contributed by atoms with E-state index in [4.69, 9.17) is 0 Å². The Morgan fingerprint density at radius 1 is 0.900 bits per heavy atom. The molecular weight excluding hydrogens is 248 g/mol. The highest BCUT2D eigenvalue weighted by molar-refractivity contribution is 5.79. The largest absolute Gasteiger partial charge is 0.356 e. The van der Waals surface area contributed by atoms with Gasteiger partial charge in [0.1, 0.15) is 0 Å². The Morgan fingerprint density at radius 3 is 2.15 bits per heavy atom. The Labute approximate surface area is 126 Å². The number of nitrogens with zero attached hydrogens (tertiary/aromatic N) is 3. The van der Waals surface area contributed by atoms with Crippen molar-refractivity contribution >= 4 is 5.96 Å². The first-order valence-corrected chi connectivity index (χ1v) is 8.18. The summed E-state index contributed by atoms with van der Waals surface area (Å²) in [5.74, 6) is 1.03. The van der Waals surface area contributed by atoms with Crippen LogP contribution in [0.4, 0.5) is 0 Å². The topological polar surface area (TPSA) is 30.9 Å². The molecule has 0 aromatic heterocycles. The Bertz CT molecular complexity index is 239. The lowest BCUT2D eigenvalue weighted by atomic mass is 10.1. The van der Waals surface area contributed by atoms with E-state index in [1.54, 1.807) is 0 Å². The minimum absolute atomic E-state index is 1.03. The van der Waals surface area contributed by atoms with E-state index in [9.17, 15) is 0 Å². The second-order valence-corrected chi connectivity index (χ2v) is 5.82. The van der Waals surface area contributed by atoms with Crippen molar-refractivity contribution in [3.05, 3.63) is 0 Å². The average Bonchev–Trinajstić information content (AvgIpc) is 2.42. The van der Waals surface area contributed by atoms with Crippen LogP contribution in [0.3, 0.4) is 0 Å². The molecule has 120 valence electrons. The first-order chi connectivity index (χ1) is 9.61. The SMILES string of the molecule is CCCCN(C)C(=NC)NCCCCCCCN(C)C. The summed E-state index contributed by atoms with van der Waals surface area (Å²) in [7, 11) is 8.27. The molecule has 0 aliphatic carbocycles. The van der Waals surface area contributed by atoms with Gasteiger partial charge in [-0.3, -0.25) is 4.99 Å². The number of rotatable bonds is 11. The van der Waals surface area contributed by atoms with Crippen LogP contribution in [-0.4, -0.2) is 63.6 Å². The van der Waals surface area contributed by atoms with Crippen molar-refractivity contribution in [2.75, 3.05) is 47.8 Å². The summed E-state index contributed by atoms with van der Waals surface area (Å²) in [5, 5.41) is 3.45. The third-order valence-electron chi connectivity index (χ3n) is 3.49. The molecule has 0 aromatic rings. The summed E-state index contributed by atoms with van der Waals surface area (Å²) in [5.41, 5.74) is 0. The lowest BCUT2D eigenvalue weighted by Crippen LogP contribution is -2.39. The molecule has 0 bridgehead atoms. The second-order valence-electron chi connectivity index (χ2n) is 5.82. The van der Waals surface area contributed by atoms with Crippen molar-refractivity contribution in [2.45, 2.75) is 51.9 Å². The smallest absolute Gasteiger partial charge is 0.193 e. The van der Waals surface area contributed by atoms with Gasteiger partial charge in [0.25, 0.3) is 0 Å². The molecule has 0 heterocycles. The molecule has 0 unspecified atom stereocenters. The van der Waals surface area contributed by atoms with Crippen LogP contribution in [0.5, 0.6) is 0 Å². The first kappa shape index (κ1) is 19.2. The van der Waals surface area contributed by atoms with E-state index in [0.29, 0.717) is 0 Å². The lowest BCUT2D eigenvalue weighted by molar-refractivity contribution is 0.389. The number of hydrogen-bond acceptors (Lipinski definition) is 2. The predicted octanol–water partition coefficient (Wildman–Crippen LogP) is 2.81. The van der Waals surface area contributed by atoms with Crippen LogP contribution < -0.4 is 5.32 Å². The van der Waals surface area contributed by atoms with E-state index >= 15 is 0 Å². The molecule has 0 spiro atoms. The fourth-order valence-electron chi connectivity index (χ4n) is 2.17. The zero-order valence-corrected chi connectivity index (χ0v) is 14.4. The van der Waals surface area contributed by atoms with Gasteiger partial charge in [0.15, 0.2) is 5.96 Å². The van der Waals surface area contributed by atoms with Crippen LogP contribution >= 0.6 is 0 Å². The van der Waals surface area contributed by atoms with Crippen molar-refractivity contribution in [3.8, 4) is 0 Å². The highest BCUT2D eigenvalue weighted by Crippen LogP contribution is 2.03.